The number of phenols is 1. The van der Waals surface area contributed by atoms with E-state index >= 15 is 0 Å². The molecule has 2 N–H and O–H groups in total. The molecule has 2 aliphatic heterocycles. The van der Waals surface area contributed by atoms with Crippen molar-refractivity contribution < 1.29 is 14.6 Å². The molecule has 2 heterocycles. The number of ether oxygens (including phenoxy) is 2. The lowest BCUT2D eigenvalue weighted by Crippen LogP contribution is -2.39. The van der Waals surface area contributed by atoms with Gasteiger partial charge in [-0.2, -0.15) is 0 Å². The summed E-state index contributed by atoms with van der Waals surface area (Å²) in [6.45, 7) is 0.571. The van der Waals surface area contributed by atoms with Gasteiger partial charge >= 0.3 is 0 Å². The van der Waals surface area contributed by atoms with Crippen molar-refractivity contribution in [1.29, 1.82) is 0 Å². The van der Waals surface area contributed by atoms with Crippen molar-refractivity contribution in [2.45, 2.75) is 19.9 Å². The minimum absolute atomic E-state index is 0.0805. The predicted molar refractivity (Wildman–Crippen MR) is 181 cm³/mol. The fourth-order valence-electron chi connectivity index (χ4n) is 5.76. The molecule has 0 radical (unpaired) electrons. The van der Waals surface area contributed by atoms with E-state index in [0.717, 1.165) is 44.8 Å². The van der Waals surface area contributed by atoms with Gasteiger partial charge in [0.2, 0.25) is 0 Å². The van der Waals surface area contributed by atoms with Crippen LogP contribution in [-0.2, 0) is 0 Å². The van der Waals surface area contributed by atoms with E-state index in [1.807, 2.05) is 42.5 Å². The van der Waals surface area contributed by atoms with E-state index < -0.39 is 0 Å². The highest BCUT2D eigenvalue weighted by atomic mass is 32.2. The van der Waals surface area contributed by atoms with E-state index in [-0.39, 0.29) is 16.9 Å². The number of benzene rings is 5. The number of anilines is 3. The van der Waals surface area contributed by atoms with E-state index in [4.69, 9.17) is 14.5 Å². The maximum absolute atomic E-state index is 10.5. The molecule has 220 valence electrons. The summed E-state index contributed by atoms with van der Waals surface area (Å²) in [4.78, 5) is 11.3. The highest BCUT2D eigenvalue weighted by Gasteiger charge is 2.38. The standard InChI is InChI=1S/C36H31N3O3S2/c1-41-30-15-7-3-11-25(30)37-22-24-35(23-19-20-29(40)31(21-23)42-2)44-32-16-8-4-12-26(32)38-36(24)39-27-13-5-9-17-33(27)43-34-18-10-6-14-28(34)39/h3-21,24,35,37,40H,22H2,1-2H3. The average Bonchev–Trinajstić information content (AvgIpc) is 3.23. The van der Waals surface area contributed by atoms with Crippen molar-refractivity contribution in [3.8, 4) is 17.2 Å². The lowest BCUT2D eigenvalue weighted by molar-refractivity contribution is 0.372. The molecule has 0 bridgehead atoms. The number of hydrogen-bond acceptors (Lipinski definition) is 8. The van der Waals surface area contributed by atoms with Crippen LogP contribution in [0.2, 0.25) is 0 Å². The van der Waals surface area contributed by atoms with Crippen LogP contribution in [0.25, 0.3) is 0 Å². The fourth-order valence-corrected chi connectivity index (χ4v) is 8.15. The van der Waals surface area contributed by atoms with Gasteiger partial charge in [-0.15, -0.1) is 11.8 Å². The van der Waals surface area contributed by atoms with Gasteiger partial charge < -0.3 is 19.9 Å². The van der Waals surface area contributed by atoms with Crippen molar-refractivity contribution in [2.24, 2.45) is 10.9 Å². The van der Waals surface area contributed by atoms with Gasteiger partial charge in [0.15, 0.2) is 11.5 Å². The van der Waals surface area contributed by atoms with Gasteiger partial charge in [0, 0.05) is 26.5 Å². The number of aliphatic imine (C=N–C) groups is 1. The molecule has 44 heavy (non-hydrogen) atoms. The molecule has 0 fully saturated rings. The number of thioether (sulfide) groups is 1. The maximum atomic E-state index is 10.5. The minimum Gasteiger partial charge on any atom is -0.504 e. The highest BCUT2D eigenvalue weighted by molar-refractivity contribution is 8.00. The smallest absolute Gasteiger partial charge is 0.160 e. The lowest BCUT2D eigenvalue weighted by atomic mass is 9.94. The van der Waals surface area contributed by atoms with Gasteiger partial charge in [-0.3, -0.25) is 4.90 Å². The third-order valence-corrected chi connectivity index (χ3v) is 10.4. The molecule has 7 rings (SSSR count). The van der Waals surface area contributed by atoms with Gasteiger partial charge in [-0.05, 0) is 66.2 Å². The molecule has 0 spiro atoms. The van der Waals surface area contributed by atoms with Crippen LogP contribution in [0, 0.1) is 5.92 Å². The first kappa shape index (κ1) is 28.3. The first-order valence-electron chi connectivity index (χ1n) is 14.4. The molecular formula is C36H31N3O3S2. The number of hydrogen-bond donors (Lipinski definition) is 2. The molecule has 2 unspecified atom stereocenters. The number of para-hydroxylation sites is 5. The molecule has 0 aliphatic carbocycles. The molecule has 0 saturated carbocycles. The van der Waals surface area contributed by atoms with Crippen LogP contribution >= 0.6 is 23.5 Å². The summed E-state index contributed by atoms with van der Waals surface area (Å²) in [6.07, 6.45) is 0. The van der Waals surface area contributed by atoms with E-state index in [1.165, 1.54) is 9.79 Å². The second-order valence-electron chi connectivity index (χ2n) is 10.5. The second-order valence-corrected chi connectivity index (χ2v) is 12.7. The molecule has 0 amide bonds. The molecule has 2 atom stereocenters. The van der Waals surface area contributed by atoms with Gasteiger partial charge in [0.25, 0.3) is 0 Å². The molecule has 5 aromatic rings. The van der Waals surface area contributed by atoms with Crippen LogP contribution in [0.3, 0.4) is 0 Å². The van der Waals surface area contributed by atoms with Crippen LogP contribution < -0.4 is 19.7 Å². The summed E-state index contributed by atoms with van der Waals surface area (Å²) in [5.74, 6) is 2.14. The summed E-state index contributed by atoms with van der Waals surface area (Å²) in [7, 11) is 3.28. The zero-order chi connectivity index (χ0) is 30.0. The SMILES string of the molecule is COc1cc(C2Sc3ccccc3N=C(N3c4ccccc4Sc4ccccc43)C2CNc2ccccc2OC)ccc1O. The molecule has 0 aromatic heterocycles. The number of phenolic OH excluding ortho intramolecular Hbond substituents is 1. The summed E-state index contributed by atoms with van der Waals surface area (Å²) in [6, 6.07) is 39.0. The molecular weight excluding hydrogens is 587 g/mol. The number of aromatic hydroxyl groups is 1. The Morgan fingerprint density at radius 3 is 2.11 bits per heavy atom. The lowest BCUT2D eigenvalue weighted by Gasteiger charge is -2.38. The number of amidine groups is 1. The highest BCUT2D eigenvalue weighted by Crippen LogP contribution is 2.53. The summed E-state index contributed by atoms with van der Waals surface area (Å²) >= 11 is 3.57. The Bertz CT molecular complexity index is 1820. The Hall–Kier alpha value is -4.53. The van der Waals surface area contributed by atoms with Crippen LogP contribution in [0.5, 0.6) is 17.2 Å². The van der Waals surface area contributed by atoms with Crippen LogP contribution in [0.1, 0.15) is 10.8 Å². The van der Waals surface area contributed by atoms with Gasteiger partial charge in [0.1, 0.15) is 11.6 Å². The normalized spacial score (nSPS) is 17.0. The number of fused-ring (bicyclic) bond motifs is 3. The van der Waals surface area contributed by atoms with E-state index in [1.54, 1.807) is 43.8 Å². The Morgan fingerprint density at radius 1 is 0.750 bits per heavy atom. The van der Waals surface area contributed by atoms with Gasteiger partial charge in [0.05, 0.1) is 42.9 Å². The topological polar surface area (TPSA) is 66.3 Å². The summed E-state index contributed by atoms with van der Waals surface area (Å²) < 4.78 is 11.3. The maximum Gasteiger partial charge on any atom is 0.160 e. The van der Waals surface area contributed by atoms with Gasteiger partial charge in [-0.25, -0.2) is 4.99 Å². The predicted octanol–water partition coefficient (Wildman–Crippen LogP) is 9.32. The van der Waals surface area contributed by atoms with Crippen molar-refractivity contribution in [1.82, 2.24) is 0 Å². The molecule has 8 heteroatoms. The Balaban J connectivity index is 1.45. The Labute approximate surface area is 265 Å². The molecule has 6 nitrogen and oxygen atoms in total. The van der Waals surface area contributed by atoms with Gasteiger partial charge in [-0.1, -0.05) is 66.4 Å². The molecule has 0 saturated heterocycles. The van der Waals surface area contributed by atoms with E-state index in [0.29, 0.717) is 12.3 Å². The van der Waals surface area contributed by atoms with Crippen LogP contribution in [0.15, 0.2) is 135 Å². The summed E-state index contributed by atoms with van der Waals surface area (Å²) in [5, 5.41) is 14.1. The monoisotopic (exact) mass is 617 g/mol. The fraction of sp³-hybridized carbons (Fsp3) is 0.139. The molecule has 5 aromatic carbocycles. The second kappa shape index (κ2) is 12.2. The zero-order valence-electron chi connectivity index (χ0n) is 24.3. The number of nitrogens with zero attached hydrogens (tertiary/aromatic N) is 2. The number of nitrogens with one attached hydrogen (secondary N) is 1. The van der Waals surface area contributed by atoms with Crippen molar-refractivity contribution in [2.75, 3.05) is 31.0 Å². The first-order valence-corrected chi connectivity index (χ1v) is 16.1. The van der Waals surface area contributed by atoms with E-state index in [9.17, 15) is 5.11 Å². The largest absolute Gasteiger partial charge is 0.504 e. The summed E-state index contributed by atoms with van der Waals surface area (Å²) in [5.41, 5.74) is 5.08. The number of rotatable bonds is 6. The molecule has 2 aliphatic rings. The number of methoxy groups -OCH3 is 2. The third kappa shape index (κ3) is 5.25. The zero-order valence-corrected chi connectivity index (χ0v) is 25.9. The van der Waals surface area contributed by atoms with Crippen molar-refractivity contribution in [3.05, 3.63) is 121 Å². The Kier molecular flexibility index (Phi) is 7.85. The minimum atomic E-state index is -0.129. The first-order chi connectivity index (χ1) is 21.6. The Morgan fingerprint density at radius 2 is 1.39 bits per heavy atom. The van der Waals surface area contributed by atoms with Crippen molar-refractivity contribution >= 4 is 52.1 Å². The van der Waals surface area contributed by atoms with Crippen molar-refractivity contribution in [3.63, 3.8) is 0 Å². The average molecular weight is 618 g/mol. The van der Waals surface area contributed by atoms with Crippen LogP contribution in [0.4, 0.5) is 22.7 Å². The third-order valence-electron chi connectivity index (χ3n) is 7.86. The van der Waals surface area contributed by atoms with E-state index in [2.05, 4.69) is 76.9 Å². The van der Waals surface area contributed by atoms with Crippen LogP contribution in [-0.4, -0.2) is 31.7 Å². The quantitative estimate of drug-likeness (QED) is 0.197.